The molecule has 0 radical (unpaired) electrons. The standard InChI is InChI=1S/C25H31F3N4O5/c1-12(2)18(21(33)25(26,27)28)29-22(34)16-7-6-10-32(16)24(36)19(13(3)4)30-23(35)20-15-11-14(5)8-9-17(15)37-31-20/h8-9,11-13,16,18-19H,6-7,10H2,1-5H3,(H,29,34)(H,30,35)/t16-,18-,19-/m0/s1. The summed E-state index contributed by atoms with van der Waals surface area (Å²) in [6.45, 7) is 8.25. The van der Waals surface area contributed by atoms with Gasteiger partial charge in [-0.2, -0.15) is 13.2 Å². The summed E-state index contributed by atoms with van der Waals surface area (Å²) in [5, 5.41) is 9.19. The molecule has 0 saturated carbocycles. The molecule has 1 fully saturated rings. The van der Waals surface area contributed by atoms with E-state index in [4.69, 9.17) is 4.52 Å². The number of nitrogens with one attached hydrogen (secondary N) is 2. The molecule has 1 aromatic heterocycles. The third-order valence-electron chi connectivity index (χ3n) is 6.42. The number of aromatic nitrogens is 1. The number of carbonyl (C=O) groups is 4. The van der Waals surface area contributed by atoms with Crippen LogP contribution in [0.5, 0.6) is 0 Å². The molecule has 12 heteroatoms. The molecule has 1 aromatic carbocycles. The van der Waals surface area contributed by atoms with Gasteiger partial charge in [-0.15, -0.1) is 0 Å². The molecular formula is C25H31F3N4O5. The van der Waals surface area contributed by atoms with Crippen LogP contribution in [0, 0.1) is 18.8 Å². The molecule has 9 nitrogen and oxygen atoms in total. The van der Waals surface area contributed by atoms with Crippen LogP contribution in [0.4, 0.5) is 13.2 Å². The zero-order chi connectivity index (χ0) is 27.7. The van der Waals surface area contributed by atoms with Crippen molar-refractivity contribution in [1.29, 1.82) is 0 Å². The molecule has 3 amide bonds. The van der Waals surface area contributed by atoms with Crippen LogP contribution in [-0.4, -0.2) is 64.4 Å². The molecule has 0 spiro atoms. The van der Waals surface area contributed by atoms with E-state index >= 15 is 0 Å². The fraction of sp³-hybridized carbons (Fsp3) is 0.560. The molecule has 3 rings (SSSR count). The van der Waals surface area contributed by atoms with Crippen molar-refractivity contribution in [3.63, 3.8) is 0 Å². The predicted molar refractivity (Wildman–Crippen MR) is 127 cm³/mol. The van der Waals surface area contributed by atoms with E-state index in [0.717, 1.165) is 5.56 Å². The number of Topliss-reactive ketones (excluding diaryl/α,β-unsaturated/α-hetero) is 1. The van der Waals surface area contributed by atoms with Crippen LogP contribution in [-0.2, 0) is 14.4 Å². The SMILES string of the molecule is Cc1ccc2onc(C(=O)N[C@H](C(=O)N3CCC[C@H]3C(=O)N[C@H](C(=O)C(F)(F)F)C(C)C)C(C)C)c2c1. The van der Waals surface area contributed by atoms with E-state index in [-0.39, 0.29) is 24.6 Å². The smallest absolute Gasteiger partial charge is 0.355 e. The van der Waals surface area contributed by atoms with Gasteiger partial charge in [-0.05, 0) is 43.7 Å². The maximum Gasteiger partial charge on any atom is 0.452 e. The fourth-order valence-corrected chi connectivity index (χ4v) is 4.38. The number of amides is 3. The number of fused-ring (bicyclic) bond motifs is 1. The van der Waals surface area contributed by atoms with Gasteiger partial charge in [0.25, 0.3) is 11.7 Å². The monoisotopic (exact) mass is 524 g/mol. The van der Waals surface area contributed by atoms with Crippen LogP contribution >= 0.6 is 0 Å². The highest BCUT2D eigenvalue weighted by molar-refractivity contribution is 6.06. The van der Waals surface area contributed by atoms with Crippen molar-refractivity contribution in [2.24, 2.45) is 11.8 Å². The Bertz CT molecular complexity index is 1190. The highest BCUT2D eigenvalue weighted by Gasteiger charge is 2.46. The summed E-state index contributed by atoms with van der Waals surface area (Å²) in [5.41, 5.74) is 1.31. The summed E-state index contributed by atoms with van der Waals surface area (Å²) in [4.78, 5) is 52.6. The molecule has 0 unspecified atom stereocenters. The van der Waals surface area contributed by atoms with Crippen molar-refractivity contribution in [2.45, 2.75) is 71.8 Å². The number of carbonyl (C=O) groups excluding carboxylic acids is 4. The maximum absolute atomic E-state index is 13.5. The highest BCUT2D eigenvalue weighted by Crippen LogP contribution is 2.25. The summed E-state index contributed by atoms with van der Waals surface area (Å²) in [7, 11) is 0. The first-order chi connectivity index (χ1) is 17.2. The second-order valence-corrected chi connectivity index (χ2v) is 10.0. The number of benzene rings is 1. The van der Waals surface area contributed by atoms with Gasteiger partial charge in [-0.25, -0.2) is 0 Å². The van der Waals surface area contributed by atoms with E-state index in [1.54, 1.807) is 32.0 Å². The Hall–Kier alpha value is -3.44. The van der Waals surface area contributed by atoms with Gasteiger partial charge in [0.1, 0.15) is 12.1 Å². The van der Waals surface area contributed by atoms with E-state index in [0.29, 0.717) is 17.4 Å². The number of aryl methyl sites for hydroxylation is 1. The summed E-state index contributed by atoms with van der Waals surface area (Å²) in [5.74, 6) is -5.26. The minimum Gasteiger partial charge on any atom is -0.355 e. The van der Waals surface area contributed by atoms with E-state index in [1.165, 1.54) is 18.7 Å². The first-order valence-electron chi connectivity index (χ1n) is 12.1. The number of ketones is 1. The van der Waals surface area contributed by atoms with E-state index in [9.17, 15) is 32.3 Å². The lowest BCUT2D eigenvalue weighted by Crippen LogP contribution is -2.58. The number of rotatable bonds is 8. The summed E-state index contributed by atoms with van der Waals surface area (Å²) in [6.07, 6.45) is -4.45. The van der Waals surface area contributed by atoms with Crippen LogP contribution < -0.4 is 10.6 Å². The van der Waals surface area contributed by atoms with Gasteiger partial charge in [-0.1, -0.05) is 44.5 Å². The number of halogens is 3. The van der Waals surface area contributed by atoms with Crippen LogP contribution in [0.25, 0.3) is 11.0 Å². The molecule has 2 heterocycles. The Morgan fingerprint density at radius 1 is 1.05 bits per heavy atom. The molecule has 0 aliphatic carbocycles. The molecule has 202 valence electrons. The molecule has 1 aliphatic heterocycles. The zero-order valence-electron chi connectivity index (χ0n) is 21.3. The van der Waals surface area contributed by atoms with Gasteiger partial charge in [0.15, 0.2) is 11.3 Å². The lowest BCUT2D eigenvalue weighted by molar-refractivity contribution is -0.175. The predicted octanol–water partition coefficient (Wildman–Crippen LogP) is 3.15. The number of likely N-dealkylation sites (tertiary alicyclic amines) is 1. The van der Waals surface area contributed by atoms with Gasteiger partial charge in [0, 0.05) is 6.54 Å². The summed E-state index contributed by atoms with van der Waals surface area (Å²) in [6, 6.07) is 1.36. The minimum absolute atomic E-state index is 0.0123. The fourth-order valence-electron chi connectivity index (χ4n) is 4.38. The van der Waals surface area contributed by atoms with Crippen molar-refractivity contribution >= 4 is 34.5 Å². The zero-order valence-corrected chi connectivity index (χ0v) is 21.3. The van der Waals surface area contributed by atoms with Gasteiger partial charge in [-0.3, -0.25) is 19.2 Å². The summed E-state index contributed by atoms with van der Waals surface area (Å²) < 4.78 is 44.3. The largest absolute Gasteiger partial charge is 0.452 e. The average molecular weight is 525 g/mol. The van der Waals surface area contributed by atoms with Gasteiger partial charge in [0.2, 0.25) is 11.8 Å². The number of alkyl halides is 3. The van der Waals surface area contributed by atoms with E-state index < -0.39 is 53.7 Å². The number of hydrogen-bond acceptors (Lipinski definition) is 6. The molecule has 37 heavy (non-hydrogen) atoms. The molecule has 2 aromatic rings. The Morgan fingerprint density at radius 2 is 1.70 bits per heavy atom. The topological polar surface area (TPSA) is 122 Å². The lowest BCUT2D eigenvalue weighted by Gasteiger charge is -2.31. The second kappa shape index (κ2) is 10.9. The Kier molecular flexibility index (Phi) is 8.28. The average Bonchev–Trinajstić information content (AvgIpc) is 3.46. The van der Waals surface area contributed by atoms with Crippen molar-refractivity contribution < 1.29 is 36.9 Å². The highest BCUT2D eigenvalue weighted by atomic mass is 19.4. The quantitative estimate of drug-likeness (QED) is 0.547. The van der Waals surface area contributed by atoms with Crippen LogP contribution in [0.15, 0.2) is 22.7 Å². The molecule has 1 saturated heterocycles. The van der Waals surface area contributed by atoms with Gasteiger partial charge < -0.3 is 20.1 Å². The molecular weight excluding hydrogens is 493 g/mol. The molecule has 3 atom stereocenters. The van der Waals surface area contributed by atoms with E-state index in [2.05, 4.69) is 15.8 Å². The maximum atomic E-state index is 13.5. The summed E-state index contributed by atoms with van der Waals surface area (Å²) >= 11 is 0. The van der Waals surface area contributed by atoms with Gasteiger partial charge in [0.05, 0.1) is 11.4 Å². The third-order valence-corrected chi connectivity index (χ3v) is 6.42. The van der Waals surface area contributed by atoms with Crippen LogP contribution in [0.3, 0.4) is 0 Å². The van der Waals surface area contributed by atoms with Crippen LogP contribution in [0.1, 0.15) is 56.6 Å². The molecule has 0 bridgehead atoms. The van der Waals surface area contributed by atoms with Gasteiger partial charge >= 0.3 is 6.18 Å². The Balaban J connectivity index is 1.78. The Labute approximate surface area is 212 Å². The number of hydrogen-bond donors (Lipinski definition) is 2. The molecule has 1 aliphatic rings. The molecule has 2 N–H and O–H groups in total. The first-order valence-corrected chi connectivity index (χ1v) is 12.1. The van der Waals surface area contributed by atoms with E-state index in [1.807, 2.05) is 6.92 Å². The van der Waals surface area contributed by atoms with Crippen molar-refractivity contribution in [2.75, 3.05) is 6.54 Å². The number of nitrogens with zero attached hydrogens (tertiary/aromatic N) is 2. The lowest BCUT2D eigenvalue weighted by atomic mass is 9.98. The van der Waals surface area contributed by atoms with Crippen molar-refractivity contribution in [3.05, 3.63) is 29.5 Å². The minimum atomic E-state index is -5.11. The van der Waals surface area contributed by atoms with Crippen molar-refractivity contribution in [3.8, 4) is 0 Å². The Morgan fingerprint density at radius 3 is 2.30 bits per heavy atom. The first kappa shape index (κ1) is 28.1. The normalized spacial score (nSPS) is 17.8. The third kappa shape index (κ3) is 6.11. The second-order valence-electron chi connectivity index (χ2n) is 10.0. The van der Waals surface area contributed by atoms with Crippen molar-refractivity contribution in [1.82, 2.24) is 20.7 Å². The van der Waals surface area contributed by atoms with Crippen LogP contribution in [0.2, 0.25) is 0 Å².